The van der Waals surface area contributed by atoms with Crippen LogP contribution in [0.5, 0.6) is 0 Å². The molecule has 1 amide bonds. The quantitative estimate of drug-likeness (QED) is 0.145. The van der Waals surface area contributed by atoms with Gasteiger partial charge in [0.2, 0.25) is 5.91 Å². The Hall–Kier alpha value is -4.21. The van der Waals surface area contributed by atoms with Crippen molar-refractivity contribution in [2.24, 2.45) is 0 Å². The number of amides is 1. The summed E-state index contributed by atoms with van der Waals surface area (Å²) in [7, 11) is 1.76. The first-order chi connectivity index (χ1) is 20.3. The van der Waals surface area contributed by atoms with E-state index in [-0.39, 0.29) is 29.7 Å². The van der Waals surface area contributed by atoms with Gasteiger partial charge in [0.1, 0.15) is 12.4 Å². The number of hydrogen-bond donors (Lipinski definition) is 1. The smallest absolute Gasteiger partial charge is 0.277 e. The Labute approximate surface area is 252 Å². The first-order valence-electron chi connectivity index (χ1n) is 13.3. The van der Waals surface area contributed by atoms with E-state index in [1.54, 1.807) is 47.2 Å². The van der Waals surface area contributed by atoms with Gasteiger partial charge in [-0.1, -0.05) is 78.8 Å². The Bertz CT molecular complexity index is 1710. The van der Waals surface area contributed by atoms with Gasteiger partial charge in [0, 0.05) is 48.2 Å². The van der Waals surface area contributed by atoms with E-state index in [2.05, 4.69) is 15.2 Å². The number of nitrogens with one attached hydrogen (secondary N) is 1. The summed E-state index contributed by atoms with van der Waals surface area (Å²) in [5, 5.41) is 7.88. The van der Waals surface area contributed by atoms with Gasteiger partial charge < -0.3 is 9.47 Å². The van der Waals surface area contributed by atoms with Crippen molar-refractivity contribution in [2.75, 3.05) is 7.05 Å². The van der Waals surface area contributed by atoms with Crippen molar-refractivity contribution in [3.05, 3.63) is 135 Å². The number of aromatic nitrogens is 4. The molecule has 0 aliphatic rings. The Morgan fingerprint density at radius 1 is 1.02 bits per heavy atom. The van der Waals surface area contributed by atoms with E-state index < -0.39 is 0 Å². The lowest BCUT2D eigenvalue weighted by Crippen LogP contribution is -2.31. The SMILES string of the molecule is CC(c1cn[nH]c1)c1cn(CC(=O)N(C)Cc2ccc(-c3ccc(Cl)cc3)cc2)c(SCc2ccc(F)cc2)nc1=O. The van der Waals surface area contributed by atoms with Crippen LogP contribution in [0.2, 0.25) is 5.02 Å². The third kappa shape index (κ3) is 7.16. The van der Waals surface area contributed by atoms with Gasteiger partial charge in [-0.05, 0) is 52.1 Å². The molecule has 0 spiro atoms. The van der Waals surface area contributed by atoms with Gasteiger partial charge in [0.25, 0.3) is 5.56 Å². The molecular weight excluding hydrogens is 573 g/mol. The van der Waals surface area contributed by atoms with Gasteiger partial charge in [0.05, 0.1) is 6.20 Å². The molecule has 0 aliphatic heterocycles. The summed E-state index contributed by atoms with van der Waals surface area (Å²) in [5.41, 5.74) is 4.94. The molecule has 0 aliphatic carbocycles. The Morgan fingerprint density at radius 2 is 1.67 bits per heavy atom. The van der Waals surface area contributed by atoms with Crippen LogP contribution in [0.1, 0.15) is 35.1 Å². The molecule has 1 unspecified atom stereocenters. The molecule has 0 saturated heterocycles. The van der Waals surface area contributed by atoms with E-state index in [4.69, 9.17) is 11.6 Å². The van der Waals surface area contributed by atoms with Gasteiger partial charge >= 0.3 is 0 Å². The van der Waals surface area contributed by atoms with Crippen molar-refractivity contribution >= 4 is 29.3 Å². The predicted molar refractivity (Wildman–Crippen MR) is 164 cm³/mol. The van der Waals surface area contributed by atoms with E-state index >= 15 is 0 Å². The summed E-state index contributed by atoms with van der Waals surface area (Å²) >= 11 is 7.34. The molecule has 10 heteroatoms. The highest BCUT2D eigenvalue weighted by Gasteiger charge is 2.20. The fourth-order valence-corrected chi connectivity index (χ4v) is 5.54. The standard InChI is InChI=1S/C32H29ClFN5O2S/c1-21(26-15-35-36-16-26)29-18-39(32(37-31(29)41)42-20-23-5-13-28(34)14-6-23)19-30(40)38(2)17-22-3-7-24(8-4-22)25-9-11-27(33)12-10-25/h3-16,18,21H,17,19-20H2,1-2H3,(H,35,36). The van der Waals surface area contributed by atoms with Gasteiger partial charge in [-0.25, -0.2) is 4.39 Å². The first-order valence-corrected chi connectivity index (χ1v) is 14.7. The predicted octanol–water partition coefficient (Wildman–Crippen LogP) is 6.53. The molecule has 0 saturated carbocycles. The van der Waals surface area contributed by atoms with Crippen LogP contribution in [-0.4, -0.2) is 37.6 Å². The molecule has 2 aromatic heterocycles. The monoisotopic (exact) mass is 601 g/mol. The maximum atomic E-state index is 13.4. The molecule has 7 nitrogen and oxygen atoms in total. The molecule has 2 heterocycles. The summed E-state index contributed by atoms with van der Waals surface area (Å²) in [6.07, 6.45) is 5.12. The van der Waals surface area contributed by atoms with E-state index in [0.29, 0.717) is 28.0 Å². The lowest BCUT2D eigenvalue weighted by atomic mass is 9.98. The molecule has 5 aromatic rings. The van der Waals surface area contributed by atoms with Crippen LogP contribution in [0.15, 0.2) is 101 Å². The topological polar surface area (TPSA) is 83.9 Å². The van der Waals surface area contributed by atoms with Crippen molar-refractivity contribution < 1.29 is 9.18 Å². The van der Waals surface area contributed by atoms with Crippen LogP contribution in [0.25, 0.3) is 11.1 Å². The zero-order valence-corrected chi connectivity index (χ0v) is 24.7. The Balaban J connectivity index is 1.34. The van der Waals surface area contributed by atoms with Crippen LogP contribution in [0, 0.1) is 5.82 Å². The number of hydrogen-bond acceptors (Lipinski definition) is 5. The lowest BCUT2D eigenvalue weighted by Gasteiger charge is -2.21. The second-order valence-corrected chi connectivity index (χ2v) is 11.4. The van der Waals surface area contributed by atoms with Gasteiger partial charge in [0.15, 0.2) is 5.16 Å². The Morgan fingerprint density at radius 3 is 2.31 bits per heavy atom. The molecule has 0 bridgehead atoms. The van der Waals surface area contributed by atoms with Crippen LogP contribution < -0.4 is 5.56 Å². The third-order valence-electron chi connectivity index (χ3n) is 7.03. The van der Waals surface area contributed by atoms with E-state index in [1.165, 1.54) is 23.9 Å². The molecule has 1 N–H and O–H groups in total. The molecule has 214 valence electrons. The van der Waals surface area contributed by atoms with Crippen molar-refractivity contribution in [1.82, 2.24) is 24.6 Å². The minimum atomic E-state index is -0.358. The van der Waals surface area contributed by atoms with Crippen LogP contribution >= 0.6 is 23.4 Å². The summed E-state index contributed by atoms with van der Waals surface area (Å²) < 4.78 is 15.1. The largest absolute Gasteiger partial charge is 0.340 e. The first kappa shape index (κ1) is 29.3. The molecule has 3 aromatic carbocycles. The zero-order chi connectivity index (χ0) is 29.6. The third-order valence-corrected chi connectivity index (χ3v) is 8.35. The summed E-state index contributed by atoms with van der Waals surface area (Å²) in [6.45, 7) is 2.33. The second-order valence-electron chi connectivity index (χ2n) is 10.0. The number of carbonyl (C=O) groups excluding carboxylic acids is 1. The van der Waals surface area contributed by atoms with E-state index in [1.807, 2.05) is 55.5 Å². The molecule has 0 radical (unpaired) electrons. The van der Waals surface area contributed by atoms with Crippen molar-refractivity contribution in [2.45, 2.75) is 36.8 Å². The molecule has 5 rings (SSSR count). The average molecular weight is 602 g/mol. The molecular formula is C32H29ClFN5O2S. The van der Waals surface area contributed by atoms with E-state index in [9.17, 15) is 14.0 Å². The van der Waals surface area contributed by atoms with E-state index in [0.717, 1.165) is 27.8 Å². The molecule has 1 atom stereocenters. The highest BCUT2D eigenvalue weighted by Crippen LogP contribution is 2.25. The number of aromatic amines is 1. The maximum absolute atomic E-state index is 13.4. The summed E-state index contributed by atoms with van der Waals surface area (Å²) in [6, 6.07) is 21.9. The van der Waals surface area contributed by atoms with Crippen LogP contribution in [0.3, 0.4) is 0 Å². The van der Waals surface area contributed by atoms with Crippen molar-refractivity contribution in [1.29, 1.82) is 0 Å². The number of carbonyl (C=O) groups is 1. The highest BCUT2D eigenvalue weighted by molar-refractivity contribution is 7.98. The number of H-pyrrole nitrogens is 1. The molecule has 0 fully saturated rings. The van der Waals surface area contributed by atoms with Crippen LogP contribution in [0.4, 0.5) is 4.39 Å². The minimum Gasteiger partial charge on any atom is -0.340 e. The number of likely N-dealkylation sites (N-methyl/N-ethyl adjacent to an activating group) is 1. The normalized spacial score (nSPS) is 11.8. The number of rotatable bonds is 10. The Kier molecular flexibility index (Phi) is 9.19. The van der Waals surface area contributed by atoms with Crippen molar-refractivity contribution in [3.8, 4) is 11.1 Å². The fourth-order valence-electron chi connectivity index (χ4n) is 4.50. The van der Waals surface area contributed by atoms with Gasteiger partial charge in [-0.15, -0.1) is 0 Å². The average Bonchev–Trinajstić information content (AvgIpc) is 3.54. The summed E-state index contributed by atoms with van der Waals surface area (Å²) in [5.74, 6) is -0.247. The number of benzene rings is 3. The van der Waals surface area contributed by atoms with Crippen LogP contribution in [-0.2, 0) is 23.6 Å². The highest BCUT2D eigenvalue weighted by atomic mass is 35.5. The van der Waals surface area contributed by atoms with Crippen molar-refractivity contribution in [3.63, 3.8) is 0 Å². The lowest BCUT2D eigenvalue weighted by molar-refractivity contribution is -0.131. The maximum Gasteiger partial charge on any atom is 0.277 e. The zero-order valence-electron chi connectivity index (χ0n) is 23.1. The number of nitrogens with zero attached hydrogens (tertiary/aromatic N) is 4. The minimum absolute atomic E-state index is 0.00347. The van der Waals surface area contributed by atoms with Gasteiger partial charge in [-0.2, -0.15) is 10.1 Å². The fraction of sp³-hybridized carbons (Fsp3) is 0.188. The van der Waals surface area contributed by atoms with Gasteiger partial charge in [-0.3, -0.25) is 14.7 Å². The summed E-state index contributed by atoms with van der Waals surface area (Å²) in [4.78, 5) is 32.5. The number of halogens is 2. The second kappa shape index (κ2) is 13.2. The molecule has 42 heavy (non-hydrogen) atoms. The number of thioether (sulfide) groups is 1.